The number of aromatic nitrogens is 1. The lowest BCUT2D eigenvalue weighted by molar-refractivity contribution is 0.102. The molecule has 2 N–H and O–H groups in total. The van der Waals surface area contributed by atoms with Gasteiger partial charge < -0.3 is 20.1 Å². The van der Waals surface area contributed by atoms with E-state index in [1.165, 1.54) is 0 Å². The number of fused-ring (bicyclic) bond motifs is 1. The van der Waals surface area contributed by atoms with Crippen LogP contribution in [0.4, 0.5) is 11.5 Å². The number of hydrogen-bond acceptors (Lipinski definition) is 5. The minimum absolute atomic E-state index is 0.165. The number of benzene rings is 2. The summed E-state index contributed by atoms with van der Waals surface area (Å²) >= 11 is 0. The van der Waals surface area contributed by atoms with Crippen molar-refractivity contribution in [2.45, 2.75) is 13.5 Å². The first-order valence-corrected chi connectivity index (χ1v) is 8.64. The third kappa shape index (κ3) is 3.84. The second kappa shape index (κ2) is 7.37. The maximum absolute atomic E-state index is 12.3. The van der Waals surface area contributed by atoms with E-state index in [1.54, 1.807) is 18.3 Å². The van der Waals surface area contributed by atoms with Crippen molar-refractivity contribution in [1.82, 2.24) is 4.98 Å². The first-order valence-electron chi connectivity index (χ1n) is 8.64. The predicted molar refractivity (Wildman–Crippen MR) is 103 cm³/mol. The summed E-state index contributed by atoms with van der Waals surface area (Å²) in [7, 11) is 0. The van der Waals surface area contributed by atoms with Crippen LogP contribution < -0.4 is 20.1 Å². The summed E-state index contributed by atoms with van der Waals surface area (Å²) in [5, 5.41) is 6.12. The van der Waals surface area contributed by atoms with E-state index in [-0.39, 0.29) is 12.7 Å². The number of ether oxygens (including phenoxy) is 2. The molecule has 27 heavy (non-hydrogen) atoms. The molecule has 1 amide bonds. The fourth-order valence-electron chi connectivity index (χ4n) is 2.84. The topological polar surface area (TPSA) is 72.5 Å². The molecule has 0 fully saturated rings. The summed E-state index contributed by atoms with van der Waals surface area (Å²) in [6.07, 6.45) is 1.69. The molecule has 0 spiro atoms. The summed E-state index contributed by atoms with van der Waals surface area (Å²) in [6, 6.07) is 17.0. The number of anilines is 2. The highest BCUT2D eigenvalue weighted by molar-refractivity contribution is 6.04. The van der Waals surface area contributed by atoms with Crippen LogP contribution >= 0.6 is 0 Å². The van der Waals surface area contributed by atoms with Crippen LogP contribution in [0.25, 0.3) is 0 Å². The summed E-state index contributed by atoms with van der Waals surface area (Å²) in [4.78, 5) is 16.6. The second-order valence-corrected chi connectivity index (χ2v) is 6.24. The summed E-state index contributed by atoms with van der Waals surface area (Å²) < 4.78 is 10.7. The summed E-state index contributed by atoms with van der Waals surface area (Å²) in [5.41, 5.74) is 3.51. The van der Waals surface area contributed by atoms with Gasteiger partial charge in [-0.3, -0.25) is 4.79 Å². The van der Waals surface area contributed by atoms with Gasteiger partial charge in [-0.05, 0) is 48.4 Å². The van der Waals surface area contributed by atoms with Crippen molar-refractivity contribution in [3.8, 4) is 11.5 Å². The molecular formula is C21H19N3O3. The molecular weight excluding hydrogens is 342 g/mol. The number of nitrogens with zero attached hydrogens (tertiary/aromatic N) is 1. The van der Waals surface area contributed by atoms with Crippen molar-refractivity contribution in [2.75, 3.05) is 17.4 Å². The molecule has 0 unspecified atom stereocenters. The number of carbonyl (C=O) groups excluding carboxylic acids is 1. The van der Waals surface area contributed by atoms with Crippen LogP contribution in [-0.2, 0) is 6.54 Å². The molecule has 0 saturated carbocycles. The molecule has 4 rings (SSSR count). The lowest BCUT2D eigenvalue weighted by Gasteiger charge is -2.09. The Kier molecular flexibility index (Phi) is 4.61. The second-order valence-electron chi connectivity index (χ2n) is 6.24. The molecule has 0 radical (unpaired) electrons. The SMILES string of the molecule is Cc1ccccc1C(=O)Nc1ccc(NCc2ccc3c(c2)OCO3)cn1. The highest BCUT2D eigenvalue weighted by atomic mass is 16.7. The number of carbonyl (C=O) groups is 1. The Hall–Kier alpha value is -3.54. The third-order valence-corrected chi connectivity index (χ3v) is 4.33. The number of hydrogen-bond donors (Lipinski definition) is 2. The lowest BCUT2D eigenvalue weighted by atomic mass is 10.1. The third-order valence-electron chi connectivity index (χ3n) is 4.33. The Morgan fingerprint density at radius 2 is 1.93 bits per heavy atom. The van der Waals surface area contributed by atoms with Gasteiger partial charge in [-0.2, -0.15) is 0 Å². The van der Waals surface area contributed by atoms with E-state index < -0.39 is 0 Å². The first-order chi connectivity index (χ1) is 13.2. The molecule has 0 saturated heterocycles. The standard InChI is InChI=1S/C21H19N3O3/c1-14-4-2-3-5-17(14)21(25)24-20-9-7-16(12-23-20)22-11-15-6-8-18-19(10-15)27-13-26-18/h2-10,12,22H,11,13H2,1H3,(H,23,24,25). The number of aryl methyl sites for hydroxylation is 1. The molecule has 1 aliphatic heterocycles. The number of pyridine rings is 1. The quantitative estimate of drug-likeness (QED) is 0.719. The molecule has 0 bridgehead atoms. The van der Waals surface area contributed by atoms with Gasteiger partial charge in [-0.25, -0.2) is 4.98 Å². The zero-order valence-electron chi connectivity index (χ0n) is 14.9. The smallest absolute Gasteiger partial charge is 0.257 e. The Bertz CT molecular complexity index is 971. The molecule has 0 atom stereocenters. The van der Waals surface area contributed by atoms with E-state index in [1.807, 2.05) is 49.4 Å². The van der Waals surface area contributed by atoms with Crippen LogP contribution in [0.2, 0.25) is 0 Å². The van der Waals surface area contributed by atoms with E-state index in [2.05, 4.69) is 15.6 Å². The molecule has 3 aromatic rings. The van der Waals surface area contributed by atoms with Crippen molar-refractivity contribution in [3.63, 3.8) is 0 Å². The Morgan fingerprint density at radius 1 is 1.07 bits per heavy atom. The Morgan fingerprint density at radius 3 is 2.74 bits per heavy atom. The molecule has 6 nitrogen and oxygen atoms in total. The monoisotopic (exact) mass is 361 g/mol. The van der Waals surface area contributed by atoms with Gasteiger partial charge >= 0.3 is 0 Å². The van der Waals surface area contributed by atoms with Gasteiger partial charge in [0, 0.05) is 12.1 Å². The van der Waals surface area contributed by atoms with Gasteiger partial charge in [-0.15, -0.1) is 0 Å². The van der Waals surface area contributed by atoms with Crippen LogP contribution in [0.3, 0.4) is 0 Å². The average molecular weight is 361 g/mol. The normalized spacial score (nSPS) is 11.9. The predicted octanol–water partition coefficient (Wildman–Crippen LogP) is 3.98. The maximum atomic E-state index is 12.3. The largest absolute Gasteiger partial charge is 0.454 e. The van der Waals surface area contributed by atoms with Gasteiger partial charge in [0.1, 0.15) is 5.82 Å². The number of nitrogens with one attached hydrogen (secondary N) is 2. The molecule has 2 aromatic carbocycles. The zero-order chi connectivity index (χ0) is 18.6. The van der Waals surface area contributed by atoms with Gasteiger partial charge in [0.2, 0.25) is 6.79 Å². The van der Waals surface area contributed by atoms with E-state index in [0.717, 1.165) is 28.3 Å². The molecule has 2 heterocycles. The van der Waals surface area contributed by atoms with E-state index >= 15 is 0 Å². The highest BCUT2D eigenvalue weighted by Crippen LogP contribution is 2.32. The fourth-order valence-corrected chi connectivity index (χ4v) is 2.84. The molecule has 1 aliphatic rings. The van der Waals surface area contributed by atoms with Gasteiger partial charge in [0.15, 0.2) is 11.5 Å². The van der Waals surface area contributed by atoms with E-state index in [4.69, 9.17) is 9.47 Å². The highest BCUT2D eigenvalue weighted by Gasteiger charge is 2.13. The van der Waals surface area contributed by atoms with Crippen LogP contribution in [0, 0.1) is 6.92 Å². The molecule has 6 heteroatoms. The van der Waals surface area contributed by atoms with Crippen molar-refractivity contribution >= 4 is 17.4 Å². The zero-order valence-corrected chi connectivity index (χ0v) is 14.9. The maximum Gasteiger partial charge on any atom is 0.257 e. The van der Waals surface area contributed by atoms with Gasteiger partial charge in [-0.1, -0.05) is 24.3 Å². The van der Waals surface area contributed by atoms with Crippen molar-refractivity contribution in [3.05, 3.63) is 77.5 Å². The van der Waals surface area contributed by atoms with E-state index in [0.29, 0.717) is 17.9 Å². The molecule has 136 valence electrons. The fraction of sp³-hybridized carbons (Fsp3) is 0.143. The summed E-state index contributed by atoms with van der Waals surface area (Å²) in [6.45, 7) is 2.81. The van der Waals surface area contributed by atoms with Crippen molar-refractivity contribution < 1.29 is 14.3 Å². The minimum atomic E-state index is -0.165. The van der Waals surface area contributed by atoms with E-state index in [9.17, 15) is 4.79 Å². The molecule has 0 aliphatic carbocycles. The van der Waals surface area contributed by atoms with Crippen LogP contribution in [0.15, 0.2) is 60.8 Å². The van der Waals surface area contributed by atoms with Crippen LogP contribution in [0.1, 0.15) is 21.5 Å². The molecule has 1 aromatic heterocycles. The Labute approximate surface area is 157 Å². The minimum Gasteiger partial charge on any atom is -0.454 e. The number of rotatable bonds is 5. The lowest BCUT2D eigenvalue weighted by Crippen LogP contribution is -2.14. The van der Waals surface area contributed by atoms with Crippen molar-refractivity contribution in [2.24, 2.45) is 0 Å². The van der Waals surface area contributed by atoms with Crippen molar-refractivity contribution in [1.29, 1.82) is 0 Å². The first kappa shape index (κ1) is 16.9. The van der Waals surface area contributed by atoms with Crippen LogP contribution in [0.5, 0.6) is 11.5 Å². The average Bonchev–Trinajstić information content (AvgIpc) is 3.15. The Balaban J connectivity index is 1.36. The van der Waals surface area contributed by atoms with Gasteiger partial charge in [0.05, 0.1) is 11.9 Å². The van der Waals surface area contributed by atoms with Gasteiger partial charge in [0.25, 0.3) is 5.91 Å². The van der Waals surface area contributed by atoms with Crippen LogP contribution in [-0.4, -0.2) is 17.7 Å². The number of amides is 1. The summed E-state index contributed by atoms with van der Waals surface area (Å²) in [5.74, 6) is 1.88.